The Hall–Kier alpha value is -7.17. The molecule has 0 unspecified atom stereocenters. The van der Waals surface area contributed by atoms with Crippen molar-refractivity contribution in [3.8, 4) is 67.5 Å². The summed E-state index contributed by atoms with van der Waals surface area (Å²) in [4.78, 5) is 15.3. The Labute approximate surface area is 306 Å². The molecule has 0 aliphatic carbocycles. The highest BCUT2D eigenvalue weighted by atomic mass is 16.3. The molecule has 2 heterocycles. The number of furan rings is 1. The van der Waals surface area contributed by atoms with Gasteiger partial charge in [-0.3, -0.25) is 0 Å². The molecule has 53 heavy (non-hydrogen) atoms. The largest absolute Gasteiger partial charge is 0.456 e. The number of aromatic nitrogens is 3. The second kappa shape index (κ2) is 12.9. The number of benzene rings is 8. The first-order chi connectivity index (χ1) is 26.2. The lowest BCUT2D eigenvalue weighted by Crippen LogP contribution is -2.00. The van der Waals surface area contributed by atoms with Crippen molar-refractivity contribution in [1.82, 2.24) is 15.0 Å². The fourth-order valence-electron chi connectivity index (χ4n) is 7.16. The molecule has 0 aliphatic heterocycles. The molecule has 0 aliphatic rings. The summed E-state index contributed by atoms with van der Waals surface area (Å²) < 4.78 is 6.16. The van der Waals surface area contributed by atoms with Gasteiger partial charge in [-0.25, -0.2) is 15.0 Å². The number of nitrogens with zero attached hydrogens (tertiary/aromatic N) is 3. The zero-order valence-electron chi connectivity index (χ0n) is 28.6. The van der Waals surface area contributed by atoms with Crippen LogP contribution in [0.1, 0.15) is 0 Å². The molecule has 0 saturated heterocycles. The monoisotopic (exact) mass is 677 g/mol. The minimum absolute atomic E-state index is 0.612. The highest BCUT2D eigenvalue weighted by Crippen LogP contribution is 2.37. The maximum Gasteiger partial charge on any atom is 0.164 e. The van der Waals surface area contributed by atoms with Crippen molar-refractivity contribution in [2.75, 3.05) is 0 Å². The van der Waals surface area contributed by atoms with Gasteiger partial charge >= 0.3 is 0 Å². The molecule has 0 radical (unpaired) electrons. The Bertz CT molecular complexity index is 2930. The Balaban J connectivity index is 1.12. The molecule has 0 N–H and O–H groups in total. The van der Waals surface area contributed by atoms with Crippen molar-refractivity contribution in [3.05, 3.63) is 188 Å². The molecule has 10 rings (SSSR count). The standard InChI is InChI=1S/C49H31N3O/c1-3-11-32(12-4-1)40-28-41(39-25-26-46-44(31-39)43-17-9-10-18-45(43)53-46)30-42(29-40)49-51-47(35-14-5-2-6-15-35)50-48(52-49)36-22-19-34(20-23-36)38-24-21-33-13-7-8-16-37(33)27-38/h1-31H. The molecule has 0 saturated carbocycles. The van der Waals surface area contributed by atoms with Gasteiger partial charge in [0.15, 0.2) is 17.5 Å². The third kappa shape index (κ3) is 5.82. The smallest absolute Gasteiger partial charge is 0.164 e. The number of fused-ring (bicyclic) bond motifs is 4. The molecule has 248 valence electrons. The van der Waals surface area contributed by atoms with Crippen molar-refractivity contribution in [2.45, 2.75) is 0 Å². The summed E-state index contributed by atoms with van der Waals surface area (Å²) in [6, 6.07) is 65.4. The second-order valence-corrected chi connectivity index (χ2v) is 13.3. The highest BCUT2D eigenvalue weighted by molar-refractivity contribution is 6.06. The lowest BCUT2D eigenvalue weighted by Gasteiger charge is -2.13. The summed E-state index contributed by atoms with van der Waals surface area (Å²) >= 11 is 0. The van der Waals surface area contributed by atoms with Crippen LogP contribution in [0.2, 0.25) is 0 Å². The fraction of sp³-hybridized carbons (Fsp3) is 0. The van der Waals surface area contributed by atoms with Crippen molar-refractivity contribution < 1.29 is 4.42 Å². The van der Waals surface area contributed by atoms with E-state index in [0.717, 1.165) is 66.4 Å². The summed E-state index contributed by atoms with van der Waals surface area (Å²) in [7, 11) is 0. The van der Waals surface area contributed by atoms with E-state index in [9.17, 15) is 0 Å². The number of hydrogen-bond acceptors (Lipinski definition) is 4. The normalized spacial score (nSPS) is 11.4. The number of rotatable bonds is 6. The van der Waals surface area contributed by atoms with Gasteiger partial charge in [-0.05, 0) is 86.6 Å². The molecule has 4 heteroatoms. The molecule has 0 atom stereocenters. The molecule has 10 aromatic rings. The van der Waals surface area contributed by atoms with E-state index in [0.29, 0.717) is 17.5 Å². The van der Waals surface area contributed by atoms with Gasteiger partial charge in [0.2, 0.25) is 0 Å². The summed E-state index contributed by atoms with van der Waals surface area (Å²) in [6.07, 6.45) is 0. The van der Waals surface area contributed by atoms with Crippen LogP contribution in [-0.4, -0.2) is 15.0 Å². The van der Waals surface area contributed by atoms with E-state index >= 15 is 0 Å². The lowest BCUT2D eigenvalue weighted by molar-refractivity contribution is 0.669. The van der Waals surface area contributed by atoms with Crippen LogP contribution in [-0.2, 0) is 0 Å². The van der Waals surface area contributed by atoms with Crippen LogP contribution in [0, 0.1) is 0 Å². The van der Waals surface area contributed by atoms with Crippen molar-refractivity contribution >= 4 is 32.7 Å². The van der Waals surface area contributed by atoms with Crippen LogP contribution in [0.15, 0.2) is 192 Å². The van der Waals surface area contributed by atoms with Crippen molar-refractivity contribution in [1.29, 1.82) is 0 Å². The predicted molar refractivity (Wildman–Crippen MR) is 217 cm³/mol. The molecule has 0 spiro atoms. The summed E-state index contributed by atoms with van der Waals surface area (Å²) in [5, 5.41) is 4.64. The van der Waals surface area contributed by atoms with E-state index in [4.69, 9.17) is 19.4 Å². The van der Waals surface area contributed by atoms with Crippen LogP contribution >= 0.6 is 0 Å². The number of para-hydroxylation sites is 1. The predicted octanol–water partition coefficient (Wildman–Crippen LogP) is 12.9. The van der Waals surface area contributed by atoms with Gasteiger partial charge in [0.1, 0.15) is 11.2 Å². The first-order valence-electron chi connectivity index (χ1n) is 17.8. The van der Waals surface area contributed by atoms with Crippen molar-refractivity contribution in [3.63, 3.8) is 0 Å². The average Bonchev–Trinajstić information content (AvgIpc) is 3.62. The molecule has 0 bridgehead atoms. The van der Waals surface area contributed by atoms with Gasteiger partial charge in [-0.2, -0.15) is 0 Å². The maximum absolute atomic E-state index is 6.16. The van der Waals surface area contributed by atoms with Crippen molar-refractivity contribution in [2.24, 2.45) is 0 Å². The quantitative estimate of drug-likeness (QED) is 0.176. The Morgan fingerprint density at radius 1 is 0.264 bits per heavy atom. The molecule has 0 amide bonds. The summed E-state index contributed by atoms with van der Waals surface area (Å²) in [6.45, 7) is 0. The first-order valence-corrected chi connectivity index (χ1v) is 17.8. The third-order valence-electron chi connectivity index (χ3n) is 9.90. The summed E-state index contributed by atoms with van der Waals surface area (Å²) in [5.41, 5.74) is 11.2. The zero-order chi connectivity index (χ0) is 35.1. The zero-order valence-corrected chi connectivity index (χ0v) is 28.6. The van der Waals surface area contributed by atoms with Gasteiger partial charge < -0.3 is 4.42 Å². The molecule has 0 fully saturated rings. The van der Waals surface area contributed by atoms with Gasteiger partial charge in [-0.15, -0.1) is 0 Å². The van der Waals surface area contributed by atoms with E-state index in [1.165, 1.54) is 16.3 Å². The third-order valence-corrected chi connectivity index (χ3v) is 9.90. The van der Waals surface area contributed by atoms with Crippen LogP contribution < -0.4 is 0 Å². The van der Waals surface area contributed by atoms with E-state index in [1.54, 1.807) is 0 Å². The Morgan fingerprint density at radius 2 is 0.736 bits per heavy atom. The van der Waals surface area contributed by atoms with Crippen LogP contribution in [0.25, 0.3) is 100 Å². The summed E-state index contributed by atoms with van der Waals surface area (Å²) in [5.74, 6) is 1.86. The highest BCUT2D eigenvalue weighted by Gasteiger charge is 2.16. The SMILES string of the molecule is c1ccc(-c2cc(-c3ccc4oc5ccccc5c4c3)cc(-c3nc(-c4ccccc4)nc(-c4ccc(-c5ccc6ccccc6c5)cc4)n3)c2)cc1. The minimum Gasteiger partial charge on any atom is -0.456 e. The fourth-order valence-corrected chi connectivity index (χ4v) is 7.16. The molecular formula is C49H31N3O. The Morgan fingerprint density at radius 3 is 1.49 bits per heavy atom. The molecule has 4 nitrogen and oxygen atoms in total. The second-order valence-electron chi connectivity index (χ2n) is 13.3. The van der Waals surface area contributed by atoms with Crippen LogP contribution in [0.5, 0.6) is 0 Å². The molecule has 2 aromatic heterocycles. The number of hydrogen-bond donors (Lipinski definition) is 0. The van der Waals surface area contributed by atoms with Gasteiger partial charge in [0.25, 0.3) is 0 Å². The lowest BCUT2D eigenvalue weighted by atomic mass is 9.95. The van der Waals surface area contributed by atoms with Gasteiger partial charge in [0.05, 0.1) is 0 Å². The first kappa shape index (κ1) is 30.6. The minimum atomic E-state index is 0.612. The van der Waals surface area contributed by atoms with Crippen LogP contribution in [0.4, 0.5) is 0 Å². The topological polar surface area (TPSA) is 51.8 Å². The average molecular weight is 678 g/mol. The van der Waals surface area contributed by atoms with E-state index in [-0.39, 0.29) is 0 Å². The van der Waals surface area contributed by atoms with Gasteiger partial charge in [-0.1, -0.05) is 146 Å². The maximum atomic E-state index is 6.16. The Kier molecular flexibility index (Phi) is 7.43. The molecular weight excluding hydrogens is 647 g/mol. The van der Waals surface area contributed by atoms with Crippen LogP contribution in [0.3, 0.4) is 0 Å². The molecule has 8 aromatic carbocycles. The van der Waals surface area contributed by atoms with E-state index < -0.39 is 0 Å². The van der Waals surface area contributed by atoms with E-state index in [1.807, 2.05) is 48.5 Å². The van der Waals surface area contributed by atoms with E-state index in [2.05, 4.69) is 140 Å². The van der Waals surface area contributed by atoms with Gasteiger partial charge in [0, 0.05) is 27.5 Å².